The molecule has 0 fully saturated rings. The smallest absolute Gasteiger partial charge is 0.0673 e. The van der Waals surface area contributed by atoms with Crippen LogP contribution < -0.4 is 5.73 Å². The Bertz CT molecular complexity index is 397. The van der Waals surface area contributed by atoms with Gasteiger partial charge >= 0.3 is 0 Å². The van der Waals surface area contributed by atoms with Crippen molar-refractivity contribution in [3.8, 4) is 0 Å². The largest absolute Gasteiger partial charge is 0.380 e. The molecular formula is C15H22N2O. The van der Waals surface area contributed by atoms with Gasteiger partial charge in [-0.3, -0.25) is 4.90 Å². The van der Waals surface area contributed by atoms with E-state index in [1.54, 1.807) is 7.11 Å². The Balaban J connectivity index is 1.87. The molecule has 3 heteroatoms. The van der Waals surface area contributed by atoms with Gasteiger partial charge in [-0.2, -0.15) is 0 Å². The second kappa shape index (κ2) is 6.69. The molecule has 1 aliphatic heterocycles. The molecule has 3 nitrogen and oxygen atoms in total. The number of ether oxygens (including phenoxy) is 1. The molecule has 0 atom stereocenters. The molecule has 0 unspecified atom stereocenters. The van der Waals surface area contributed by atoms with E-state index in [0.717, 1.165) is 32.7 Å². The van der Waals surface area contributed by atoms with Gasteiger partial charge in [0.15, 0.2) is 0 Å². The predicted molar refractivity (Wildman–Crippen MR) is 74.2 cm³/mol. The molecular weight excluding hydrogens is 224 g/mol. The van der Waals surface area contributed by atoms with Gasteiger partial charge in [0.2, 0.25) is 0 Å². The van der Waals surface area contributed by atoms with Gasteiger partial charge in [0.25, 0.3) is 0 Å². The molecule has 2 rings (SSSR count). The third kappa shape index (κ3) is 3.67. The average Bonchev–Trinajstić information content (AvgIpc) is 2.42. The standard InChI is InChI=1S/C15H22N2O/c1-18-12-15-6-8-17(9-7-15)11-14-4-2-13(10-16)3-5-14/h2-6H,7-12,16H2,1H3. The first-order valence-corrected chi connectivity index (χ1v) is 6.49. The van der Waals surface area contributed by atoms with Crippen molar-refractivity contribution >= 4 is 0 Å². The molecule has 0 bridgehead atoms. The third-order valence-corrected chi connectivity index (χ3v) is 3.38. The fourth-order valence-corrected chi connectivity index (χ4v) is 2.25. The Morgan fingerprint density at radius 1 is 1.22 bits per heavy atom. The van der Waals surface area contributed by atoms with Gasteiger partial charge in [-0.1, -0.05) is 30.3 Å². The van der Waals surface area contributed by atoms with Crippen LogP contribution in [0, 0.1) is 0 Å². The number of hydrogen-bond donors (Lipinski definition) is 1. The molecule has 0 aromatic heterocycles. The molecule has 0 saturated heterocycles. The lowest BCUT2D eigenvalue weighted by Gasteiger charge is -2.26. The lowest BCUT2D eigenvalue weighted by Crippen LogP contribution is -2.29. The quantitative estimate of drug-likeness (QED) is 0.807. The summed E-state index contributed by atoms with van der Waals surface area (Å²) in [6.45, 7) is 4.55. The summed E-state index contributed by atoms with van der Waals surface area (Å²) in [7, 11) is 1.76. The molecule has 1 aromatic carbocycles. The van der Waals surface area contributed by atoms with E-state index in [9.17, 15) is 0 Å². The third-order valence-electron chi connectivity index (χ3n) is 3.38. The zero-order chi connectivity index (χ0) is 12.8. The number of rotatable bonds is 5. The summed E-state index contributed by atoms with van der Waals surface area (Å²) < 4.78 is 5.16. The van der Waals surface area contributed by atoms with Crippen molar-refractivity contribution in [1.29, 1.82) is 0 Å². The summed E-state index contributed by atoms with van der Waals surface area (Å²) in [5.74, 6) is 0. The zero-order valence-electron chi connectivity index (χ0n) is 11.1. The number of hydrogen-bond acceptors (Lipinski definition) is 3. The van der Waals surface area contributed by atoms with E-state index in [-0.39, 0.29) is 0 Å². The maximum Gasteiger partial charge on any atom is 0.0673 e. The van der Waals surface area contributed by atoms with Crippen LogP contribution in [0.1, 0.15) is 17.5 Å². The minimum Gasteiger partial charge on any atom is -0.380 e. The van der Waals surface area contributed by atoms with Crippen LogP contribution in [0.25, 0.3) is 0 Å². The predicted octanol–water partition coefficient (Wildman–Crippen LogP) is 1.92. The monoisotopic (exact) mass is 246 g/mol. The van der Waals surface area contributed by atoms with Gasteiger partial charge in [0, 0.05) is 33.3 Å². The Hall–Kier alpha value is -1.16. The van der Waals surface area contributed by atoms with Crippen molar-refractivity contribution in [2.45, 2.75) is 19.5 Å². The summed E-state index contributed by atoms with van der Waals surface area (Å²) in [6, 6.07) is 8.59. The van der Waals surface area contributed by atoms with E-state index in [1.807, 2.05) is 0 Å². The highest BCUT2D eigenvalue weighted by Crippen LogP contribution is 2.14. The molecule has 0 aliphatic carbocycles. The van der Waals surface area contributed by atoms with E-state index < -0.39 is 0 Å². The van der Waals surface area contributed by atoms with Gasteiger partial charge < -0.3 is 10.5 Å². The minimum absolute atomic E-state index is 0.618. The van der Waals surface area contributed by atoms with Gasteiger partial charge in [-0.15, -0.1) is 0 Å². The van der Waals surface area contributed by atoms with Crippen molar-refractivity contribution in [2.24, 2.45) is 5.73 Å². The summed E-state index contributed by atoms with van der Waals surface area (Å²) in [4.78, 5) is 2.45. The van der Waals surface area contributed by atoms with Crippen molar-refractivity contribution in [1.82, 2.24) is 4.90 Å². The van der Waals surface area contributed by atoms with Crippen LogP contribution >= 0.6 is 0 Å². The fraction of sp³-hybridized carbons (Fsp3) is 0.467. The molecule has 1 heterocycles. The van der Waals surface area contributed by atoms with E-state index >= 15 is 0 Å². The van der Waals surface area contributed by atoms with Gasteiger partial charge in [-0.25, -0.2) is 0 Å². The number of methoxy groups -OCH3 is 1. The number of nitrogens with zero attached hydrogens (tertiary/aromatic N) is 1. The van der Waals surface area contributed by atoms with E-state index in [4.69, 9.17) is 10.5 Å². The molecule has 1 aliphatic rings. The van der Waals surface area contributed by atoms with Crippen LogP contribution in [0.2, 0.25) is 0 Å². The zero-order valence-corrected chi connectivity index (χ0v) is 11.1. The number of benzene rings is 1. The average molecular weight is 246 g/mol. The molecule has 98 valence electrons. The second-order valence-corrected chi connectivity index (χ2v) is 4.80. The van der Waals surface area contributed by atoms with Crippen LogP contribution in [0.3, 0.4) is 0 Å². The molecule has 1 aromatic rings. The summed E-state index contributed by atoms with van der Waals surface area (Å²) >= 11 is 0. The number of nitrogens with two attached hydrogens (primary N) is 1. The van der Waals surface area contributed by atoms with E-state index in [2.05, 4.69) is 35.2 Å². The molecule has 0 spiro atoms. The molecule has 0 amide bonds. The highest BCUT2D eigenvalue weighted by molar-refractivity contribution is 5.22. The second-order valence-electron chi connectivity index (χ2n) is 4.80. The fourth-order valence-electron chi connectivity index (χ4n) is 2.25. The van der Waals surface area contributed by atoms with Gasteiger partial charge in [-0.05, 0) is 23.1 Å². The molecule has 0 radical (unpaired) electrons. The maximum absolute atomic E-state index is 5.60. The Kier molecular flexibility index (Phi) is 4.93. The minimum atomic E-state index is 0.618. The van der Waals surface area contributed by atoms with Crippen LogP contribution in [0.4, 0.5) is 0 Å². The van der Waals surface area contributed by atoms with Crippen LogP contribution in [0.15, 0.2) is 35.9 Å². The highest BCUT2D eigenvalue weighted by atomic mass is 16.5. The van der Waals surface area contributed by atoms with E-state index in [0.29, 0.717) is 6.54 Å². The normalized spacial score (nSPS) is 16.7. The van der Waals surface area contributed by atoms with Crippen LogP contribution in [0.5, 0.6) is 0 Å². The Labute approximate surface area is 109 Å². The Morgan fingerprint density at radius 3 is 2.50 bits per heavy atom. The van der Waals surface area contributed by atoms with Crippen LogP contribution in [-0.2, 0) is 17.8 Å². The maximum atomic E-state index is 5.60. The first kappa shape index (κ1) is 13.3. The lowest BCUT2D eigenvalue weighted by atomic mass is 10.1. The lowest BCUT2D eigenvalue weighted by molar-refractivity contribution is 0.210. The van der Waals surface area contributed by atoms with Crippen molar-refractivity contribution in [3.63, 3.8) is 0 Å². The molecule has 0 saturated carbocycles. The van der Waals surface area contributed by atoms with Gasteiger partial charge in [0.05, 0.1) is 6.61 Å². The summed E-state index contributed by atoms with van der Waals surface area (Å²) in [6.07, 6.45) is 3.41. The van der Waals surface area contributed by atoms with Crippen molar-refractivity contribution in [3.05, 3.63) is 47.0 Å². The first-order chi connectivity index (χ1) is 8.81. The summed E-state index contributed by atoms with van der Waals surface area (Å²) in [5.41, 5.74) is 9.57. The summed E-state index contributed by atoms with van der Waals surface area (Å²) in [5, 5.41) is 0. The van der Waals surface area contributed by atoms with Crippen molar-refractivity contribution < 1.29 is 4.74 Å². The topological polar surface area (TPSA) is 38.5 Å². The SMILES string of the molecule is COCC1=CCN(Cc2ccc(CN)cc2)CC1. The highest BCUT2D eigenvalue weighted by Gasteiger charge is 2.11. The van der Waals surface area contributed by atoms with Crippen LogP contribution in [-0.4, -0.2) is 31.7 Å². The molecule has 18 heavy (non-hydrogen) atoms. The Morgan fingerprint density at radius 2 is 1.94 bits per heavy atom. The van der Waals surface area contributed by atoms with Gasteiger partial charge in [0.1, 0.15) is 0 Å². The molecule has 2 N–H and O–H groups in total. The van der Waals surface area contributed by atoms with Crippen molar-refractivity contribution in [2.75, 3.05) is 26.8 Å². The first-order valence-electron chi connectivity index (χ1n) is 6.49. The van der Waals surface area contributed by atoms with E-state index in [1.165, 1.54) is 16.7 Å².